The molecule has 0 unspecified atom stereocenters. The number of carbonyl (C=O) groups excluding carboxylic acids is 1. The Labute approximate surface area is 230 Å². The lowest BCUT2D eigenvalue weighted by Crippen LogP contribution is -2.61. The summed E-state index contributed by atoms with van der Waals surface area (Å²) < 4.78 is 6.05. The molecule has 2 heterocycles. The zero-order valence-electron chi connectivity index (χ0n) is 23.5. The first-order chi connectivity index (χ1) is 18.5. The number of fused-ring (bicyclic) bond motifs is 1. The van der Waals surface area contributed by atoms with Crippen molar-refractivity contribution in [2.75, 3.05) is 0 Å². The molecule has 3 aromatic carbocycles. The van der Waals surface area contributed by atoms with Crippen LogP contribution in [0.1, 0.15) is 63.6 Å². The van der Waals surface area contributed by atoms with E-state index in [9.17, 15) is 9.90 Å². The minimum absolute atomic E-state index is 0.119. The summed E-state index contributed by atoms with van der Waals surface area (Å²) in [7, 11) is 0. The maximum Gasteiger partial charge on any atom is 0.306 e. The highest BCUT2D eigenvalue weighted by Gasteiger charge is 2.46. The van der Waals surface area contributed by atoms with E-state index in [-0.39, 0.29) is 35.3 Å². The molecule has 0 amide bonds. The van der Waals surface area contributed by atoms with Crippen molar-refractivity contribution < 1.29 is 14.6 Å². The van der Waals surface area contributed by atoms with Crippen LogP contribution in [0.3, 0.4) is 0 Å². The molecule has 7 nitrogen and oxygen atoms in total. The summed E-state index contributed by atoms with van der Waals surface area (Å²) in [6.45, 7) is 11.7. The van der Waals surface area contributed by atoms with E-state index in [1.807, 2.05) is 49.4 Å². The lowest BCUT2D eigenvalue weighted by Gasteiger charge is -2.55. The van der Waals surface area contributed by atoms with Gasteiger partial charge < -0.3 is 9.84 Å². The smallest absolute Gasteiger partial charge is 0.306 e. The predicted molar refractivity (Wildman–Crippen MR) is 153 cm³/mol. The molecule has 7 heteroatoms. The van der Waals surface area contributed by atoms with Gasteiger partial charge in [0, 0.05) is 36.9 Å². The summed E-state index contributed by atoms with van der Waals surface area (Å²) in [4.78, 5) is 17.0. The van der Waals surface area contributed by atoms with E-state index in [4.69, 9.17) is 4.74 Å². The van der Waals surface area contributed by atoms with Gasteiger partial charge in [-0.2, -0.15) is 0 Å². The molecule has 0 aliphatic carbocycles. The molecule has 1 aromatic heterocycles. The fourth-order valence-corrected chi connectivity index (χ4v) is 6.09. The van der Waals surface area contributed by atoms with Gasteiger partial charge >= 0.3 is 5.97 Å². The molecule has 0 atom stereocenters. The molecule has 1 saturated heterocycles. The van der Waals surface area contributed by atoms with Crippen LogP contribution in [0.4, 0.5) is 0 Å². The van der Waals surface area contributed by atoms with Gasteiger partial charge in [-0.1, -0.05) is 48.5 Å². The number of aromatic nitrogens is 3. The average molecular weight is 527 g/mol. The Kier molecular flexibility index (Phi) is 7.21. The van der Waals surface area contributed by atoms with Gasteiger partial charge in [-0.25, -0.2) is 0 Å². The van der Waals surface area contributed by atoms with Gasteiger partial charge in [-0.15, -0.1) is 15.0 Å². The summed E-state index contributed by atoms with van der Waals surface area (Å²) in [5.74, 6) is -0.0632. The quantitative estimate of drug-likeness (QED) is 0.292. The minimum Gasteiger partial charge on any atom is -0.505 e. The Balaban J connectivity index is 1.24. The number of nitrogens with zero attached hydrogens (tertiary/aromatic N) is 4. The summed E-state index contributed by atoms with van der Waals surface area (Å²) in [6.07, 6.45) is 2.22. The maximum atomic E-state index is 13.0. The second-order valence-corrected chi connectivity index (χ2v) is 12.0. The van der Waals surface area contributed by atoms with E-state index in [2.05, 4.69) is 67.1 Å². The first-order valence-corrected chi connectivity index (χ1v) is 13.7. The Morgan fingerprint density at radius 3 is 2.13 bits per heavy atom. The normalized spacial score (nSPS) is 17.4. The Hall–Kier alpha value is -3.71. The summed E-state index contributed by atoms with van der Waals surface area (Å²) in [5, 5.41) is 19.7. The molecule has 0 saturated carbocycles. The van der Waals surface area contributed by atoms with Crippen LogP contribution in [-0.4, -0.2) is 48.2 Å². The number of hydrogen-bond donors (Lipinski definition) is 1. The fourth-order valence-electron chi connectivity index (χ4n) is 6.09. The number of likely N-dealkylation sites (tertiary alicyclic amines) is 1. The molecule has 1 aliphatic heterocycles. The summed E-state index contributed by atoms with van der Waals surface area (Å²) in [5.41, 5.74) is 4.70. The third-order valence-corrected chi connectivity index (χ3v) is 7.86. The average Bonchev–Trinajstić information content (AvgIpc) is 3.31. The third kappa shape index (κ3) is 5.83. The number of rotatable bonds is 7. The fraction of sp³-hybridized carbons (Fsp3) is 0.406. The molecule has 4 aromatic rings. The third-order valence-electron chi connectivity index (χ3n) is 7.86. The molecule has 39 heavy (non-hydrogen) atoms. The number of phenols is 1. The van der Waals surface area contributed by atoms with Crippen molar-refractivity contribution in [1.82, 2.24) is 19.9 Å². The number of aryl methyl sites for hydroxylation is 2. The van der Waals surface area contributed by atoms with Crippen molar-refractivity contribution >= 4 is 17.0 Å². The SMILES string of the molecule is Cc1cc(CCC(=O)OC2CC(C)(C)N(Cc3ccccc3)C(C)(C)C2)cc(-n2nc3ccccc3n2)c1O. The van der Waals surface area contributed by atoms with E-state index >= 15 is 0 Å². The maximum absolute atomic E-state index is 13.0. The molecular formula is C32H38N4O3. The lowest BCUT2D eigenvalue weighted by atomic mass is 9.77. The van der Waals surface area contributed by atoms with Crippen LogP contribution in [0.5, 0.6) is 5.75 Å². The Morgan fingerprint density at radius 1 is 0.923 bits per heavy atom. The monoisotopic (exact) mass is 526 g/mol. The Bertz CT molecular complexity index is 1420. The number of esters is 1. The highest BCUT2D eigenvalue weighted by atomic mass is 16.5. The van der Waals surface area contributed by atoms with Crippen molar-refractivity contribution in [3.8, 4) is 11.4 Å². The molecule has 1 N–H and O–H groups in total. The van der Waals surface area contributed by atoms with Crippen molar-refractivity contribution in [2.45, 2.75) is 84.0 Å². The summed E-state index contributed by atoms with van der Waals surface area (Å²) >= 11 is 0. The van der Waals surface area contributed by atoms with E-state index < -0.39 is 0 Å². The number of carbonyl (C=O) groups is 1. The molecule has 0 radical (unpaired) electrons. The lowest BCUT2D eigenvalue weighted by molar-refractivity contribution is -0.161. The van der Waals surface area contributed by atoms with Gasteiger partial charge in [0.2, 0.25) is 0 Å². The van der Waals surface area contributed by atoms with Crippen molar-refractivity contribution in [3.63, 3.8) is 0 Å². The van der Waals surface area contributed by atoms with Gasteiger partial charge in [-0.3, -0.25) is 9.69 Å². The molecule has 204 valence electrons. The van der Waals surface area contributed by atoms with Crippen molar-refractivity contribution in [1.29, 1.82) is 0 Å². The van der Waals surface area contributed by atoms with Crippen LogP contribution >= 0.6 is 0 Å². The standard InChI is InChI=1S/C32H38N4O3/c1-22-17-24(18-28(30(22)38)36-33-26-13-9-10-14-27(26)34-36)15-16-29(37)39-25-19-31(2,3)35(32(4,5)20-25)21-23-11-7-6-8-12-23/h6-14,17-18,25,38H,15-16,19-21H2,1-5H3. The molecular weight excluding hydrogens is 488 g/mol. The second-order valence-electron chi connectivity index (χ2n) is 12.0. The van der Waals surface area contributed by atoms with Crippen LogP contribution in [0.15, 0.2) is 66.7 Å². The van der Waals surface area contributed by atoms with Gasteiger partial charge in [0.05, 0.1) is 0 Å². The van der Waals surface area contributed by atoms with Crippen LogP contribution in [0.25, 0.3) is 16.7 Å². The molecule has 1 fully saturated rings. The number of benzene rings is 3. The highest BCUT2D eigenvalue weighted by Crippen LogP contribution is 2.41. The predicted octanol–water partition coefficient (Wildman–Crippen LogP) is 6.13. The molecule has 1 aliphatic rings. The first kappa shape index (κ1) is 26.9. The van der Waals surface area contributed by atoms with Crippen molar-refractivity contribution in [2.24, 2.45) is 0 Å². The zero-order chi connectivity index (χ0) is 27.8. The Morgan fingerprint density at radius 2 is 1.51 bits per heavy atom. The van der Waals surface area contributed by atoms with Gasteiger partial charge in [0.1, 0.15) is 28.6 Å². The second kappa shape index (κ2) is 10.5. The van der Waals surface area contributed by atoms with Crippen LogP contribution in [0.2, 0.25) is 0 Å². The molecule has 5 rings (SSSR count). The van der Waals surface area contributed by atoms with Crippen LogP contribution in [0, 0.1) is 6.92 Å². The van der Waals surface area contributed by atoms with Gasteiger partial charge in [0.25, 0.3) is 0 Å². The summed E-state index contributed by atoms with van der Waals surface area (Å²) in [6, 6.07) is 21.9. The van der Waals surface area contributed by atoms with Gasteiger partial charge in [0.15, 0.2) is 0 Å². The largest absolute Gasteiger partial charge is 0.505 e. The topological polar surface area (TPSA) is 80.5 Å². The van der Waals surface area contributed by atoms with E-state index in [1.54, 1.807) is 0 Å². The highest BCUT2D eigenvalue weighted by molar-refractivity contribution is 5.74. The van der Waals surface area contributed by atoms with Gasteiger partial charge in [-0.05, 0) is 75.9 Å². The number of phenolic OH excluding ortho intramolecular Hbond substituents is 1. The molecule has 0 bridgehead atoms. The number of ether oxygens (including phenoxy) is 1. The number of hydrogen-bond acceptors (Lipinski definition) is 6. The number of piperidine rings is 1. The first-order valence-electron chi connectivity index (χ1n) is 13.7. The minimum atomic E-state index is -0.196. The van der Waals surface area contributed by atoms with Crippen molar-refractivity contribution in [3.05, 3.63) is 83.4 Å². The molecule has 0 spiro atoms. The van der Waals surface area contributed by atoms with Crippen LogP contribution < -0.4 is 0 Å². The van der Waals surface area contributed by atoms with E-state index in [1.165, 1.54) is 10.4 Å². The van der Waals surface area contributed by atoms with E-state index in [0.717, 1.165) is 36.0 Å². The zero-order valence-corrected chi connectivity index (χ0v) is 23.5. The van der Waals surface area contributed by atoms with Crippen LogP contribution in [-0.2, 0) is 22.5 Å². The van der Waals surface area contributed by atoms with E-state index in [0.29, 0.717) is 17.7 Å². The number of aromatic hydroxyl groups is 1.